The third kappa shape index (κ3) is 8.71. The number of thiazole rings is 1. The van der Waals surface area contributed by atoms with Crippen molar-refractivity contribution in [1.82, 2.24) is 9.88 Å². The van der Waals surface area contributed by atoms with Crippen LogP contribution in [-0.4, -0.2) is 44.4 Å². The Hall–Kier alpha value is -3.19. The molecule has 13 heteroatoms. The van der Waals surface area contributed by atoms with Crippen LogP contribution in [-0.2, 0) is 13.1 Å². The summed E-state index contributed by atoms with van der Waals surface area (Å²) in [7, 11) is 3.07. The molecule has 0 atom stereocenters. The number of aromatic nitrogens is 1. The number of nitrogens with zero attached hydrogens (tertiary/aromatic N) is 2. The van der Waals surface area contributed by atoms with Crippen molar-refractivity contribution >= 4 is 11.3 Å². The Morgan fingerprint density at radius 2 is 1.65 bits per heavy atom. The lowest BCUT2D eigenvalue weighted by molar-refractivity contribution is -0.274. The minimum absolute atomic E-state index is 0.117. The number of benzene rings is 2. The number of ether oxygens (including phenoxy) is 3. The highest BCUT2D eigenvalue weighted by Gasteiger charge is 2.31. The van der Waals surface area contributed by atoms with E-state index in [4.69, 9.17) is 9.47 Å². The van der Waals surface area contributed by atoms with E-state index in [0.29, 0.717) is 40.5 Å². The third-order valence-electron chi connectivity index (χ3n) is 5.12. The van der Waals surface area contributed by atoms with Gasteiger partial charge in [-0.2, -0.15) is 13.2 Å². The second-order valence-corrected chi connectivity index (χ2v) is 8.60. The highest BCUT2D eigenvalue weighted by molar-refractivity contribution is 7.07. The number of methoxy groups -OCH3 is 2. The molecule has 6 nitrogen and oxygen atoms in total. The minimum Gasteiger partial charge on any atom is -0.497 e. The number of hydrogen-bond acceptors (Lipinski definition) is 6. The zero-order chi connectivity index (χ0) is 27.1. The first kappa shape index (κ1) is 28.4. The van der Waals surface area contributed by atoms with Gasteiger partial charge in [0.2, 0.25) is 0 Å². The zero-order valence-corrected chi connectivity index (χ0v) is 20.8. The molecule has 3 aromatic rings. The van der Waals surface area contributed by atoms with E-state index in [1.165, 1.54) is 42.7 Å². The zero-order valence-electron chi connectivity index (χ0n) is 19.9. The molecule has 1 heterocycles. The van der Waals surface area contributed by atoms with Gasteiger partial charge in [-0.1, -0.05) is 0 Å². The number of halogens is 6. The van der Waals surface area contributed by atoms with Gasteiger partial charge in [0, 0.05) is 23.6 Å². The molecule has 0 bridgehead atoms. The first-order valence-corrected chi connectivity index (χ1v) is 11.9. The SMILES string of the molecule is COc1ccc(C/N=c2\scc(-c3ccc(OC(F)(F)F)cc3)n2CCCNCC(F)(F)F)c(OC)c1. The molecule has 1 N–H and O–H groups in total. The summed E-state index contributed by atoms with van der Waals surface area (Å²) in [6, 6.07) is 10.7. The molecule has 202 valence electrons. The summed E-state index contributed by atoms with van der Waals surface area (Å²) in [5, 5.41) is 4.16. The Labute approximate surface area is 213 Å². The fourth-order valence-electron chi connectivity index (χ4n) is 3.46. The van der Waals surface area contributed by atoms with Gasteiger partial charge in [-0.25, -0.2) is 0 Å². The Morgan fingerprint density at radius 1 is 0.946 bits per heavy atom. The van der Waals surface area contributed by atoms with Crippen LogP contribution >= 0.6 is 11.3 Å². The van der Waals surface area contributed by atoms with E-state index in [1.807, 2.05) is 10.6 Å². The van der Waals surface area contributed by atoms with Crippen molar-refractivity contribution in [2.24, 2.45) is 4.99 Å². The standard InChI is InChI=1S/C24H25F6N3O3S/c1-34-19-9-6-17(21(12-19)35-2)13-32-22-33(11-3-10-31-15-23(25,26)27)20(14-37-22)16-4-7-18(8-5-16)36-24(28,29)30/h4-9,12,14,31H,3,10-11,13,15H2,1-2H3/b32-22-. The van der Waals surface area contributed by atoms with Gasteiger partial charge in [-0.15, -0.1) is 24.5 Å². The summed E-state index contributed by atoms with van der Waals surface area (Å²) in [5.41, 5.74) is 2.07. The molecule has 0 saturated heterocycles. The molecule has 2 aromatic carbocycles. The van der Waals surface area contributed by atoms with Crippen LogP contribution in [0.25, 0.3) is 11.3 Å². The van der Waals surface area contributed by atoms with Crippen molar-refractivity contribution in [3.8, 4) is 28.5 Å². The highest BCUT2D eigenvalue weighted by Crippen LogP contribution is 2.28. The number of rotatable bonds is 11. The highest BCUT2D eigenvalue weighted by atomic mass is 32.1. The molecule has 37 heavy (non-hydrogen) atoms. The average molecular weight is 550 g/mol. The molecule has 0 aliphatic carbocycles. The maximum Gasteiger partial charge on any atom is 0.573 e. The molecule has 0 fully saturated rings. The van der Waals surface area contributed by atoms with Gasteiger partial charge in [-0.05, 0) is 54.9 Å². The topological polar surface area (TPSA) is 57.0 Å². The summed E-state index contributed by atoms with van der Waals surface area (Å²) >= 11 is 1.31. The normalized spacial score (nSPS) is 12.6. The lowest BCUT2D eigenvalue weighted by atomic mass is 10.1. The van der Waals surface area contributed by atoms with Crippen LogP contribution in [0.4, 0.5) is 26.3 Å². The maximum atomic E-state index is 12.5. The van der Waals surface area contributed by atoms with Crippen LogP contribution in [0, 0.1) is 0 Å². The summed E-state index contributed by atoms with van der Waals surface area (Å²) < 4.78 is 91.2. The predicted octanol–water partition coefficient (Wildman–Crippen LogP) is 5.78. The Kier molecular flexibility index (Phi) is 9.49. The molecule has 0 unspecified atom stereocenters. The number of alkyl halides is 6. The first-order chi connectivity index (χ1) is 17.5. The van der Waals surface area contributed by atoms with Crippen LogP contribution in [0.3, 0.4) is 0 Å². The summed E-state index contributed by atoms with van der Waals surface area (Å²) in [4.78, 5) is 5.27. The van der Waals surface area contributed by atoms with Gasteiger partial charge in [0.25, 0.3) is 0 Å². The molecular weight excluding hydrogens is 524 g/mol. The second kappa shape index (κ2) is 12.4. The smallest absolute Gasteiger partial charge is 0.497 e. The molecule has 3 rings (SSSR count). The van der Waals surface area contributed by atoms with Crippen LogP contribution in [0.5, 0.6) is 17.2 Å². The molecule has 0 aliphatic heterocycles. The molecule has 1 aromatic heterocycles. The third-order valence-corrected chi connectivity index (χ3v) is 6.02. The van der Waals surface area contributed by atoms with Gasteiger partial charge >= 0.3 is 12.5 Å². The van der Waals surface area contributed by atoms with E-state index in [0.717, 1.165) is 5.56 Å². The van der Waals surface area contributed by atoms with Crippen LogP contribution in [0.15, 0.2) is 52.8 Å². The van der Waals surface area contributed by atoms with Crippen LogP contribution < -0.4 is 24.3 Å². The van der Waals surface area contributed by atoms with Crippen molar-refractivity contribution in [3.63, 3.8) is 0 Å². The lowest BCUT2D eigenvalue weighted by Gasteiger charge is -2.12. The fraction of sp³-hybridized carbons (Fsp3) is 0.375. The Bertz CT molecular complexity index is 1220. The van der Waals surface area contributed by atoms with Gasteiger partial charge in [0.1, 0.15) is 17.2 Å². The Morgan fingerprint density at radius 3 is 2.27 bits per heavy atom. The summed E-state index contributed by atoms with van der Waals surface area (Å²) in [5.74, 6) is 0.854. The van der Waals surface area contributed by atoms with Crippen molar-refractivity contribution in [2.45, 2.75) is 32.0 Å². The molecule has 0 radical (unpaired) electrons. The second-order valence-electron chi connectivity index (χ2n) is 7.77. The summed E-state index contributed by atoms with van der Waals surface area (Å²) in [6.07, 6.45) is -8.74. The fourth-order valence-corrected chi connectivity index (χ4v) is 4.39. The number of nitrogens with one attached hydrogen (secondary N) is 1. The first-order valence-electron chi connectivity index (χ1n) is 11.0. The monoisotopic (exact) mass is 549 g/mol. The van der Waals surface area contributed by atoms with Gasteiger partial charge in [-0.3, -0.25) is 4.99 Å². The molecule has 0 spiro atoms. The van der Waals surface area contributed by atoms with E-state index in [2.05, 4.69) is 15.0 Å². The lowest BCUT2D eigenvalue weighted by Crippen LogP contribution is -2.30. The van der Waals surface area contributed by atoms with Gasteiger partial charge in [0.05, 0.1) is 33.0 Å². The van der Waals surface area contributed by atoms with Crippen LogP contribution in [0.2, 0.25) is 0 Å². The number of hydrogen-bond donors (Lipinski definition) is 1. The minimum atomic E-state index is -4.80. The van der Waals surface area contributed by atoms with Crippen molar-refractivity contribution in [1.29, 1.82) is 0 Å². The van der Waals surface area contributed by atoms with Crippen LogP contribution in [0.1, 0.15) is 12.0 Å². The van der Waals surface area contributed by atoms with E-state index < -0.39 is 19.1 Å². The van der Waals surface area contributed by atoms with E-state index in [1.54, 1.807) is 24.6 Å². The summed E-state index contributed by atoms with van der Waals surface area (Å²) in [6.45, 7) is -0.379. The molecule has 0 saturated carbocycles. The van der Waals surface area contributed by atoms with Crippen molar-refractivity contribution in [3.05, 3.63) is 58.2 Å². The van der Waals surface area contributed by atoms with E-state index >= 15 is 0 Å². The average Bonchev–Trinajstić information content (AvgIpc) is 3.23. The molecule has 0 amide bonds. The predicted molar refractivity (Wildman–Crippen MR) is 127 cm³/mol. The van der Waals surface area contributed by atoms with E-state index in [-0.39, 0.29) is 18.8 Å². The van der Waals surface area contributed by atoms with Crippen molar-refractivity contribution < 1.29 is 40.6 Å². The van der Waals surface area contributed by atoms with Crippen molar-refractivity contribution in [2.75, 3.05) is 27.3 Å². The van der Waals surface area contributed by atoms with Gasteiger partial charge in [0.15, 0.2) is 4.80 Å². The maximum absolute atomic E-state index is 12.5. The Balaban J connectivity index is 1.87. The quantitative estimate of drug-likeness (QED) is 0.244. The van der Waals surface area contributed by atoms with E-state index in [9.17, 15) is 26.3 Å². The molecule has 0 aliphatic rings. The largest absolute Gasteiger partial charge is 0.573 e. The molecular formula is C24H25F6N3O3S. The van der Waals surface area contributed by atoms with Gasteiger partial charge < -0.3 is 24.1 Å².